The van der Waals surface area contributed by atoms with Crippen LogP contribution in [0.1, 0.15) is 10.4 Å². The van der Waals surface area contributed by atoms with E-state index in [0.717, 1.165) is 30.3 Å². The van der Waals surface area contributed by atoms with Gasteiger partial charge in [0.05, 0.1) is 5.69 Å². The van der Waals surface area contributed by atoms with Crippen molar-refractivity contribution in [2.24, 2.45) is 0 Å². The van der Waals surface area contributed by atoms with E-state index in [1.54, 1.807) is 12.3 Å². The monoisotopic (exact) mass is 224 g/mol. The first kappa shape index (κ1) is 10.3. The second kappa shape index (κ2) is 4.53. The molecule has 15 heavy (non-hydrogen) atoms. The van der Waals surface area contributed by atoms with E-state index in [4.69, 9.17) is 5.11 Å². The zero-order valence-corrected chi connectivity index (χ0v) is 9.04. The van der Waals surface area contributed by atoms with E-state index < -0.39 is 5.97 Å². The van der Waals surface area contributed by atoms with Gasteiger partial charge in [0.25, 0.3) is 0 Å². The lowest BCUT2D eigenvalue weighted by Gasteiger charge is -2.29. The van der Waals surface area contributed by atoms with Crippen molar-refractivity contribution in [3.8, 4) is 0 Å². The maximum Gasteiger partial charge on any atom is 0.339 e. The first-order chi connectivity index (χ1) is 7.29. The van der Waals surface area contributed by atoms with E-state index in [0.29, 0.717) is 5.56 Å². The Balaban J connectivity index is 2.29. The molecule has 5 heteroatoms. The third-order valence-corrected chi connectivity index (χ3v) is 3.32. The molecule has 0 atom stereocenters. The number of hydrogen-bond acceptors (Lipinski definition) is 4. The van der Waals surface area contributed by atoms with Gasteiger partial charge in [0.1, 0.15) is 5.56 Å². The lowest BCUT2D eigenvalue weighted by molar-refractivity contribution is 0.0697. The second-order valence-electron chi connectivity index (χ2n) is 3.30. The van der Waals surface area contributed by atoms with Gasteiger partial charge in [0.15, 0.2) is 0 Å². The number of pyridine rings is 1. The summed E-state index contributed by atoms with van der Waals surface area (Å²) < 4.78 is 0. The quantitative estimate of drug-likeness (QED) is 0.821. The van der Waals surface area contributed by atoms with Crippen molar-refractivity contribution >= 4 is 23.4 Å². The van der Waals surface area contributed by atoms with Crippen molar-refractivity contribution in [3.05, 3.63) is 24.0 Å². The Morgan fingerprint density at radius 1 is 1.47 bits per heavy atom. The van der Waals surface area contributed by atoms with Gasteiger partial charge >= 0.3 is 5.97 Å². The number of hydrogen-bond donors (Lipinski definition) is 1. The summed E-state index contributed by atoms with van der Waals surface area (Å²) in [4.78, 5) is 17.0. The van der Waals surface area contributed by atoms with Gasteiger partial charge in [-0.1, -0.05) is 0 Å². The van der Waals surface area contributed by atoms with Gasteiger partial charge < -0.3 is 10.0 Å². The van der Waals surface area contributed by atoms with Crippen LogP contribution >= 0.6 is 11.8 Å². The first-order valence-electron chi connectivity index (χ1n) is 4.79. The zero-order chi connectivity index (χ0) is 10.7. The van der Waals surface area contributed by atoms with Crippen molar-refractivity contribution in [3.63, 3.8) is 0 Å². The van der Waals surface area contributed by atoms with Crippen LogP contribution in [0, 0.1) is 0 Å². The zero-order valence-electron chi connectivity index (χ0n) is 8.22. The lowest BCUT2D eigenvalue weighted by Crippen LogP contribution is -2.33. The molecule has 0 saturated carbocycles. The molecule has 1 saturated heterocycles. The molecule has 0 spiro atoms. The molecule has 0 amide bonds. The van der Waals surface area contributed by atoms with Crippen LogP contribution in [0.4, 0.5) is 5.69 Å². The molecule has 1 aliphatic rings. The van der Waals surface area contributed by atoms with Gasteiger partial charge in [-0.15, -0.1) is 0 Å². The Morgan fingerprint density at radius 2 is 2.20 bits per heavy atom. The van der Waals surface area contributed by atoms with Crippen molar-refractivity contribution in [2.75, 3.05) is 29.5 Å². The molecule has 1 aliphatic heterocycles. The van der Waals surface area contributed by atoms with E-state index >= 15 is 0 Å². The molecule has 0 aliphatic carbocycles. The number of thioether (sulfide) groups is 1. The Labute approximate surface area is 92.3 Å². The van der Waals surface area contributed by atoms with Crippen molar-refractivity contribution < 1.29 is 9.90 Å². The summed E-state index contributed by atoms with van der Waals surface area (Å²) >= 11 is 1.90. The number of aromatic carboxylic acids is 1. The molecule has 0 bridgehead atoms. The highest BCUT2D eigenvalue weighted by Crippen LogP contribution is 2.22. The van der Waals surface area contributed by atoms with Gasteiger partial charge in [0.2, 0.25) is 0 Å². The van der Waals surface area contributed by atoms with Crippen LogP contribution in [0.25, 0.3) is 0 Å². The molecule has 2 rings (SSSR count). The number of rotatable bonds is 2. The number of anilines is 1. The van der Waals surface area contributed by atoms with Crippen LogP contribution in [-0.2, 0) is 0 Å². The van der Waals surface area contributed by atoms with Crippen LogP contribution in [0.5, 0.6) is 0 Å². The normalized spacial score (nSPS) is 16.4. The fourth-order valence-electron chi connectivity index (χ4n) is 1.63. The lowest BCUT2D eigenvalue weighted by atomic mass is 10.2. The summed E-state index contributed by atoms with van der Waals surface area (Å²) in [7, 11) is 0. The third-order valence-electron chi connectivity index (χ3n) is 2.38. The molecule has 2 heterocycles. The Morgan fingerprint density at radius 3 is 2.87 bits per heavy atom. The summed E-state index contributed by atoms with van der Waals surface area (Å²) in [5.41, 5.74) is 1.09. The molecule has 0 radical (unpaired) electrons. The highest BCUT2D eigenvalue weighted by molar-refractivity contribution is 7.99. The number of carbonyl (C=O) groups is 1. The largest absolute Gasteiger partial charge is 0.478 e. The first-order valence-corrected chi connectivity index (χ1v) is 5.94. The Hall–Kier alpha value is -1.23. The van der Waals surface area contributed by atoms with E-state index in [2.05, 4.69) is 9.88 Å². The number of carboxylic acids is 1. The van der Waals surface area contributed by atoms with Crippen LogP contribution < -0.4 is 4.90 Å². The predicted molar refractivity (Wildman–Crippen MR) is 60.7 cm³/mol. The minimum Gasteiger partial charge on any atom is -0.478 e. The molecule has 1 aromatic heterocycles. The van der Waals surface area contributed by atoms with Crippen molar-refractivity contribution in [1.82, 2.24) is 4.98 Å². The van der Waals surface area contributed by atoms with Crippen LogP contribution in [0.15, 0.2) is 18.5 Å². The molecule has 1 aromatic rings. The minimum atomic E-state index is -0.906. The number of aromatic nitrogens is 1. The van der Waals surface area contributed by atoms with Gasteiger partial charge in [-0.2, -0.15) is 11.8 Å². The van der Waals surface area contributed by atoms with Gasteiger partial charge in [-0.25, -0.2) is 4.79 Å². The molecule has 1 N–H and O–H groups in total. The van der Waals surface area contributed by atoms with Crippen LogP contribution in [0.2, 0.25) is 0 Å². The summed E-state index contributed by atoms with van der Waals surface area (Å²) in [6.45, 7) is 1.82. The highest BCUT2D eigenvalue weighted by atomic mass is 32.2. The van der Waals surface area contributed by atoms with Gasteiger partial charge in [-0.05, 0) is 6.07 Å². The van der Waals surface area contributed by atoms with Crippen LogP contribution in [0.3, 0.4) is 0 Å². The summed E-state index contributed by atoms with van der Waals surface area (Å²) in [6, 6.07) is 1.78. The number of carboxylic acid groups (broad SMARTS) is 1. The molecule has 80 valence electrons. The van der Waals surface area contributed by atoms with E-state index in [1.165, 1.54) is 6.20 Å². The average Bonchev–Trinajstić information content (AvgIpc) is 2.30. The Bertz CT molecular complexity index is 364. The molecule has 1 fully saturated rings. The Kier molecular flexibility index (Phi) is 3.11. The van der Waals surface area contributed by atoms with E-state index in [1.807, 2.05) is 11.8 Å². The SMILES string of the molecule is O=C(O)c1cnccc1N1CCSCC1. The van der Waals surface area contributed by atoms with E-state index in [9.17, 15) is 4.79 Å². The third kappa shape index (κ3) is 2.23. The maximum absolute atomic E-state index is 11.0. The molecular formula is C10H12N2O2S. The molecule has 4 nitrogen and oxygen atoms in total. The fourth-order valence-corrected chi connectivity index (χ4v) is 2.54. The van der Waals surface area contributed by atoms with Crippen molar-refractivity contribution in [2.45, 2.75) is 0 Å². The minimum absolute atomic E-state index is 0.296. The average molecular weight is 224 g/mol. The fraction of sp³-hybridized carbons (Fsp3) is 0.400. The second-order valence-corrected chi connectivity index (χ2v) is 4.52. The van der Waals surface area contributed by atoms with Gasteiger partial charge in [0, 0.05) is 37.0 Å². The molecule has 0 unspecified atom stereocenters. The highest BCUT2D eigenvalue weighted by Gasteiger charge is 2.17. The standard InChI is InChI=1S/C10H12N2O2S/c13-10(14)8-7-11-2-1-9(8)12-3-5-15-6-4-12/h1-2,7H,3-6H2,(H,13,14). The van der Waals surface area contributed by atoms with E-state index in [-0.39, 0.29) is 0 Å². The molecular weight excluding hydrogens is 212 g/mol. The summed E-state index contributed by atoms with van der Waals surface area (Å²) in [5, 5.41) is 9.02. The van der Waals surface area contributed by atoms with Crippen molar-refractivity contribution in [1.29, 1.82) is 0 Å². The summed E-state index contributed by atoms with van der Waals surface area (Å²) in [6.07, 6.45) is 3.06. The number of nitrogens with zero attached hydrogens (tertiary/aromatic N) is 2. The smallest absolute Gasteiger partial charge is 0.339 e. The predicted octanol–water partition coefficient (Wildman–Crippen LogP) is 1.33. The summed E-state index contributed by atoms with van der Waals surface area (Å²) in [5.74, 6) is 1.21. The maximum atomic E-state index is 11.0. The van der Waals surface area contributed by atoms with Gasteiger partial charge in [-0.3, -0.25) is 4.98 Å². The van der Waals surface area contributed by atoms with Crippen LogP contribution in [-0.4, -0.2) is 40.7 Å². The topological polar surface area (TPSA) is 53.4 Å². The molecule has 0 aromatic carbocycles.